The summed E-state index contributed by atoms with van der Waals surface area (Å²) in [6.07, 6.45) is -3.47. The summed E-state index contributed by atoms with van der Waals surface area (Å²) in [6, 6.07) is 3.46. The number of anilines is 1. The zero-order valence-corrected chi connectivity index (χ0v) is 18.0. The molecule has 1 atom stereocenters. The van der Waals surface area contributed by atoms with Gasteiger partial charge in [0.05, 0.1) is 0 Å². The van der Waals surface area contributed by atoms with Crippen LogP contribution in [0.4, 0.5) is 32.2 Å². The first-order chi connectivity index (χ1) is 16.0. The molecule has 16 heteroatoms. The minimum atomic E-state index is -5.08. The number of nitrogens with zero attached hydrogens (tertiary/aromatic N) is 2. The monoisotopic (exact) mass is 516 g/mol. The highest BCUT2D eigenvalue weighted by Crippen LogP contribution is 2.20. The van der Waals surface area contributed by atoms with Crippen LogP contribution >= 0.6 is 0 Å². The number of carboxylic acid groups (broad SMARTS) is 3. The lowest BCUT2D eigenvalue weighted by Gasteiger charge is -2.09. The number of aliphatic carboxylic acids is 3. The molecular formula is C19H22F6N4O6. The first-order valence-corrected chi connectivity index (χ1v) is 9.56. The van der Waals surface area contributed by atoms with Crippen molar-refractivity contribution in [1.82, 2.24) is 15.0 Å². The maximum Gasteiger partial charge on any atom is 0.490 e. The number of nitrogen functional groups attached to an aromatic ring is 1. The van der Waals surface area contributed by atoms with E-state index in [4.69, 9.17) is 25.5 Å². The lowest BCUT2D eigenvalue weighted by atomic mass is 10.00. The van der Waals surface area contributed by atoms with Crippen molar-refractivity contribution in [2.45, 2.75) is 50.9 Å². The molecule has 2 rings (SSSR count). The SMILES string of the molecule is CCCCc1cnc(C(Cc2ccc(N)nc2)C(=O)O)[nH]1.O=C(O)C(F)(F)F.O=C(O)C(F)(F)F. The van der Waals surface area contributed by atoms with Crippen molar-refractivity contribution in [3.8, 4) is 0 Å². The van der Waals surface area contributed by atoms with Crippen LogP contribution < -0.4 is 5.73 Å². The summed E-state index contributed by atoms with van der Waals surface area (Å²) in [6.45, 7) is 2.12. The molecule has 35 heavy (non-hydrogen) atoms. The smallest absolute Gasteiger partial charge is 0.481 e. The minimum absolute atomic E-state index is 0.337. The highest BCUT2D eigenvalue weighted by atomic mass is 19.4. The predicted molar refractivity (Wildman–Crippen MR) is 107 cm³/mol. The van der Waals surface area contributed by atoms with Crippen LogP contribution in [-0.4, -0.2) is 60.5 Å². The van der Waals surface area contributed by atoms with Gasteiger partial charge in [-0.25, -0.2) is 19.6 Å². The van der Waals surface area contributed by atoms with Gasteiger partial charge in [0.1, 0.15) is 17.6 Å². The molecular weight excluding hydrogens is 494 g/mol. The Labute approximate surface area is 193 Å². The molecule has 2 heterocycles. The molecule has 0 aliphatic heterocycles. The van der Waals surface area contributed by atoms with Gasteiger partial charge < -0.3 is 26.0 Å². The molecule has 0 saturated heterocycles. The van der Waals surface area contributed by atoms with Gasteiger partial charge in [-0.05, 0) is 30.9 Å². The number of halogens is 6. The summed E-state index contributed by atoms with van der Waals surface area (Å²) >= 11 is 0. The Balaban J connectivity index is 0.000000680. The largest absolute Gasteiger partial charge is 0.490 e. The Morgan fingerprint density at radius 3 is 1.86 bits per heavy atom. The number of aromatic nitrogens is 3. The van der Waals surface area contributed by atoms with Crippen LogP contribution in [-0.2, 0) is 27.2 Å². The number of H-pyrrole nitrogens is 1. The maximum atomic E-state index is 11.5. The van der Waals surface area contributed by atoms with Crippen molar-refractivity contribution in [1.29, 1.82) is 0 Å². The fourth-order valence-electron chi connectivity index (χ4n) is 2.14. The van der Waals surface area contributed by atoms with E-state index in [9.17, 15) is 36.2 Å². The average molecular weight is 516 g/mol. The average Bonchev–Trinajstić information content (AvgIpc) is 3.19. The normalized spacial score (nSPS) is 11.9. The van der Waals surface area contributed by atoms with Crippen molar-refractivity contribution in [2.24, 2.45) is 0 Å². The van der Waals surface area contributed by atoms with E-state index in [-0.39, 0.29) is 0 Å². The molecule has 196 valence electrons. The number of carboxylic acids is 3. The van der Waals surface area contributed by atoms with E-state index in [1.54, 1.807) is 24.5 Å². The molecule has 2 aromatic rings. The van der Waals surface area contributed by atoms with Gasteiger partial charge in [0.15, 0.2) is 0 Å². The van der Waals surface area contributed by atoms with Crippen LogP contribution in [0.15, 0.2) is 24.5 Å². The number of unbranched alkanes of at least 4 members (excludes halogenated alkanes) is 1. The Morgan fingerprint density at radius 1 is 0.971 bits per heavy atom. The molecule has 2 aromatic heterocycles. The number of nitrogens with one attached hydrogen (secondary N) is 1. The van der Waals surface area contributed by atoms with Crippen LogP contribution in [0.1, 0.15) is 42.8 Å². The van der Waals surface area contributed by atoms with Crippen LogP contribution in [0.25, 0.3) is 0 Å². The zero-order chi connectivity index (χ0) is 27.4. The van der Waals surface area contributed by atoms with Crippen molar-refractivity contribution >= 4 is 23.7 Å². The Bertz CT molecular complexity index is 936. The van der Waals surface area contributed by atoms with Gasteiger partial charge in [-0.2, -0.15) is 26.3 Å². The van der Waals surface area contributed by atoms with Gasteiger partial charge in [-0.1, -0.05) is 19.4 Å². The number of aromatic amines is 1. The van der Waals surface area contributed by atoms with E-state index in [0.717, 1.165) is 30.5 Å². The molecule has 6 N–H and O–H groups in total. The fraction of sp³-hybridized carbons (Fsp3) is 0.421. The second kappa shape index (κ2) is 13.8. The van der Waals surface area contributed by atoms with E-state index in [0.29, 0.717) is 18.1 Å². The molecule has 0 saturated carbocycles. The summed E-state index contributed by atoms with van der Waals surface area (Å²) in [4.78, 5) is 40.6. The molecule has 0 aliphatic carbocycles. The third-order valence-electron chi connectivity index (χ3n) is 3.85. The number of imidazole rings is 1. The molecule has 0 aromatic carbocycles. The predicted octanol–water partition coefficient (Wildman–Crippen LogP) is 3.41. The van der Waals surface area contributed by atoms with Crippen molar-refractivity contribution in [2.75, 3.05) is 5.73 Å². The van der Waals surface area contributed by atoms with E-state index in [2.05, 4.69) is 21.9 Å². The molecule has 0 spiro atoms. The number of hydrogen-bond acceptors (Lipinski definition) is 6. The second-order valence-corrected chi connectivity index (χ2v) is 6.69. The summed E-state index contributed by atoms with van der Waals surface area (Å²) in [7, 11) is 0. The Morgan fingerprint density at radius 2 is 1.49 bits per heavy atom. The van der Waals surface area contributed by atoms with Gasteiger partial charge in [0, 0.05) is 18.1 Å². The molecule has 0 fully saturated rings. The highest BCUT2D eigenvalue weighted by molar-refractivity contribution is 5.75. The topological polar surface area (TPSA) is 179 Å². The first kappa shape index (κ1) is 31.1. The molecule has 0 aliphatic rings. The molecule has 1 unspecified atom stereocenters. The number of rotatable bonds is 7. The summed E-state index contributed by atoms with van der Waals surface area (Å²) < 4.78 is 63.5. The van der Waals surface area contributed by atoms with Crippen molar-refractivity contribution in [3.05, 3.63) is 41.6 Å². The first-order valence-electron chi connectivity index (χ1n) is 9.56. The van der Waals surface area contributed by atoms with Gasteiger partial charge in [0.2, 0.25) is 0 Å². The van der Waals surface area contributed by atoms with Crippen LogP contribution in [0, 0.1) is 0 Å². The lowest BCUT2D eigenvalue weighted by molar-refractivity contribution is -0.193. The third kappa shape index (κ3) is 12.8. The van der Waals surface area contributed by atoms with Gasteiger partial charge in [-0.3, -0.25) is 4.79 Å². The summed E-state index contributed by atoms with van der Waals surface area (Å²) in [5.41, 5.74) is 7.33. The van der Waals surface area contributed by atoms with E-state index in [1.807, 2.05) is 0 Å². The number of alkyl halides is 6. The van der Waals surface area contributed by atoms with Gasteiger partial charge in [0.25, 0.3) is 0 Å². The molecule has 0 bridgehead atoms. The summed E-state index contributed by atoms with van der Waals surface area (Å²) in [5, 5.41) is 23.7. The number of pyridine rings is 1. The Kier molecular flexibility index (Phi) is 12.2. The van der Waals surface area contributed by atoms with Crippen molar-refractivity contribution in [3.63, 3.8) is 0 Å². The van der Waals surface area contributed by atoms with Crippen LogP contribution in [0.2, 0.25) is 0 Å². The Hall–Kier alpha value is -3.85. The van der Waals surface area contributed by atoms with Gasteiger partial charge in [-0.15, -0.1) is 0 Å². The standard InChI is InChI=1S/C15H20N4O2.2C2HF3O2/c1-2-3-4-11-9-18-14(19-11)12(15(20)21)7-10-5-6-13(16)17-8-10;2*3-2(4,5)1(6)7/h5-6,8-9,12H,2-4,7H2,1H3,(H2,16,17)(H,18,19)(H,20,21);2*(H,6,7). The highest BCUT2D eigenvalue weighted by Gasteiger charge is 2.38. The number of aryl methyl sites for hydroxylation is 1. The maximum absolute atomic E-state index is 11.5. The van der Waals surface area contributed by atoms with E-state index < -0.39 is 36.2 Å². The van der Waals surface area contributed by atoms with Crippen LogP contribution in [0.3, 0.4) is 0 Å². The van der Waals surface area contributed by atoms with E-state index >= 15 is 0 Å². The molecule has 0 radical (unpaired) electrons. The number of hydrogen-bond donors (Lipinski definition) is 5. The van der Waals surface area contributed by atoms with Gasteiger partial charge >= 0.3 is 30.3 Å². The van der Waals surface area contributed by atoms with Crippen LogP contribution in [0.5, 0.6) is 0 Å². The van der Waals surface area contributed by atoms with E-state index in [1.165, 1.54) is 0 Å². The zero-order valence-electron chi connectivity index (χ0n) is 18.0. The summed E-state index contributed by atoms with van der Waals surface area (Å²) in [5.74, 6) is -6.20. The third-order valence-corrected chi connectivity index (χ3v) is 3.85. The van der Waals surface area contributed by atoms with Crippen molar-refractivity contribution < 1.29 is 56.0 Å². The number of nitrogens with two attached hydrogens (primary N) is 1. The number of carbonyl (C=O) groups is 3. The fourth-order valence-corrected chi connectivity index (χ4v) is 2.14. The lowest BCUT2D eigenvalue weighted by Crippen LogP contribution is -2.21. The minimum Gasteiger partial charge on any atom is -0.481 e. The quantitative estimate of drug-likeness (QED) is 0.345. The molecule has 0 amide bonds. The second-order valence-electron chi connectivity index (χ2n) is 6.69. The molecule has 10 nitrogen and oxygen atoms in total.